The van der Waals surface area contributed by atoms with Crippen molar-refractivity contribution in [1.29, 1.82) is 0 Å². The molecule has 2 rings (SSSR count). The first-order valence-electron chi connectivity index (χ1n) is 5.45. The molecule has 15 heavy (non-hydrogen) atoms. The Balaban J connectivity index is 2.42. The fourth-order valence-corrected chi connectivity index (χ4v) is 2.34. The molecule has 1 N–H and O–H groups in total. The molecule has 1 aromatic carbocycles. The van der Waals surface area contributed by atoms with Crippen LogP contribution in [-0.2, 0) is 6.42 Å². The number of benzene rings is 1. The Hall–Kier alpha value is -1.31. The van der Waals surface area contributed by atoms with E-state index in [0.717, 1.165) is 12.8 Å². The molecule has 2 nitrogen and oxygen atoms in total. The average Bonchev–Trinajstić information content (AvgIpc) is 2.23. The highest BCUT2D eigenvalue weighted by Gasteiger charge is 2.23. The summed E-state index contributed by atoms with van der Waals surface area (Å²) < 4.78 is 0. The Kier molecular flexibility index (Phi) is 2.51. The van der Waals surface area contributed by atoms with E-state index < -0.39 is 5.97 Å². The number of rotatable bonds is 1. The molecule has 2 unspecified atom stereocenters. The third-order valence-electron chi connectivity index (χ3n) is 3.60. The van der Waals surface area contributed by atoms with Gasteiger partial charge in [0.05, 0.1) is 5.56 Å². The molecule has 0 amide bonds. The fourth-order valence-electron chi connectivity index (χ4n) is 2.34. The number of hydrogen-bond donors (Lipinski definition) is 1. The van der Waals surface area contributed by atoms with Crippen LogP contribution in [0.15, 0.2) is 18.2 Å². The van der Waals surface area contributed by atoms with Crippen molar-refractivity contribution in [2.75, 3.05) is 0 Å². The van der Waals surface area contributed by atoms with E-state index in [1.807, 2.05) is 12.1 Å². The number of aromatic carboxylic acids is 1. The van der Waals surface area contributed by atoms with Crippen molar-refractivity contribution < 1.29 is 9.90 Å². The summed E-state index contributed by atoms with van der Waals surface area (Å²) in [5.74, 6) is 0.425. The lowest BCUT2D eigenvalue weighted by atomic mass is 9.76. The fraction of sp³-hybridized carbons (Fsp3) is 0.462. The monoisotopic (exact) mass is 204 g/mol. The molecular formula is C13H16O2. The molecule has 1 aliphatic rings. The predicted octanol–water partition coefficient (Wildman–Crippen LogP) is 3.07. The van der Waals surface area contributed by atoms with Crippen LogP contribution in [0.5, 0.6) is 0 Å². The molecule has 0 fully saturated rings. The van der Waals surface area contributed by atoms with E-state index in [-0.39, 0.29) is 0 Å². The molecule has 0 aliphatic heterocycles. The van der Waals surface area contributed by atoms with E-state index in [1.54, 1.807) is 6.07 Å². The lowest BCUT2D eigenvalue weighted by Crippen LogP contribution is -2.16. The van der Waals surface area contributed by atoms with Gasteiger partial charge < -0.3 is 5.11 Å². The maximum absolute atomic E-state index is 10.8. The summed E-state index contributed by atoms with van der Waals surface area (Å²) >= 11 is 0. The summed E-state index contributed by atoms with van der Waals surface area (Å²) in [6.45, 7) is 4.49. The van der Waals surface area contributed by atoms with E-state index in [1.165, 1.54) is 11.1 Å². The second-order valence-electron chi connectivity index (χ2n) is 4.52. The van der Waals surface area contributed by atoms with Gasteiger partial charge in [0.15, 0.2) is 0 Å². The largest absolute Gasteiger partial charge is 0.478 e. The maximum Gasteiger partial charge on any atom is 0.335 e. The molecule has 1 aromatic rings. The minimum Gasteiger partial charge on any atom is -0.478 e. The highest BCUT2D eigenvalue weighted by molar-refractivity contribution is 5.88. The van der Waals surface area contributed by atoms with Gasteiger partial charge in [-0.25, -0.2) is 4.79 Å². The smallest absolute Gasteiger partial charge is 0.335 e. The second kappa shape index (κ2) is 3.69. The SMILES string of the molecule is CC1CCc2cc(C(=O)O)ccc2C1C. The summed E-state index contributed by atoms with van der Waals surface area (Å²) in [5, 5.41) is 8.90. The van der Waals surface area contributed by atoms with Crippen molar-refractivity contribution in [3.05, 3.63) is 34.9 Å². The van der Waals surface area contributed by atoms with E-state index in [0.29, 0.717) is 17.4 Å². The van der Waals surface area contributed by atoms with Gasteiger partial charge >= 0.3 is 5.97 Å². The summed E-state index contributed by atoms with van der Waals surface area (Å²) in [6.07, 6.45) is 2.18. The number of fused-ring (bicyclic) bond motifs is 1. The van der Waals surface area contributed by atoms with Gasteiger partial charge in [0.2, 0.25) is 0 Å². The zero-order chi connectivity index (χ0) is 11.0. The van der Waals surface area contributed by atoms with E-state index in [4.69, 9.17) is 5.11 Å². The van der Waals surface area contributed by atoms with Crippen LogP contribution < -0.4 is 0 Å². The van der Waals surface area contributed by atoms with Crippen molar-refractivity contribution in [1.82, 2.24) is 0 Å². The van der Waals surface area contributed by atoms with Crippen LogP contribution in [0.25, 0.3) is 0 Å². The molecule has 0 heterocycles. The molecule has 0 aromatic heterocycles. The Labute approximate surface area is 89.9 Å². The summed E-state index contributed by atoms with van der Waals surface area (Å²) in [5.41, 5.74) is 2.97. The molecule has 0 saturated carbocycles. The molecule has 0 radical (unpaired) electrons. The number of carbonyl (C=O) groups is 1. The molecule has 0 bridgehead atoms. The summed E-state index contributed by atoms with van der Waals surface area (Å²) in [4.78, 5) is 10.8. The summed E-state index contributed by atoms with van der Waals surface area (Å²) in [7, 11) is 0. The standard InChI is InChI=1S/C13H16O2/c1-8-3-4-10-7-11(13(14)15)5-6-12(10)9(8)2/h5-9H,3-4H2,1-2H3,(H,14,15). The highest BCUT2D eigenvalue weighted by atomic mass is 16.4. The topological polar surface area (TPSA) is 37.3 Å². The maximum atomic E-state index is 10.8. The molecule has 1 aliphatic carbocycles. The van der Waals surface area contributed by atoms with Crippen LogP contribution in [-0.4, -0.2) is 11.1 Å². The van der Waals surface area contributed by atoms with Gasteiger partial charge in [0.1, 0.15) is 0 Å². The minimum absolute atomic E-state index is 0.413. The molecule has 2 heteroatoms. The lowest BCUT2D eigenvalue weighted by Gasteiger charge is -2.28. The molecule has 2 atom stereocenters. The normalized spacial score (nSPS) is 24.7. The Morgan fingerprint density at radius 1 is 1.40 bits per heavy atom. The second-order valence-corrected chi connectivity index (χ2v) is 4.52. The van der Waals surface area contributed by atoms with E-state index >= 15 is 0 Å². The molecular weight excluding hydrogens is 188 g/mol. The van der Waals surface area contributed by atoms with Crippen molar-refractivity contribution in [3.63, 3.8) is 0 Å². The van der Waals surface area contributed by atoms with Crippen molar-refractivity contribution >= 4 is 5.97 Å². The van der Waals surface area contributed by atoms with Crippen LogP contribution in [0.4, 0.5) is 0 Å². The average molecular weight is 204 g/mol. The third-order valence-corrected chi connectivity index (χ3v) is 3.60. The molecule has 0 saturated heterocycles. The van der Waals surface area contributed by atoms with Crippen molar-refractivity contribution in [3.8, 4) is 0 Å². The zero-order valence-electron chi connectivity index (χ0n) is 9.16. The molecule has 80 valence electrons. The Morgan fingerprint density at radius 3 is 2.80 bits per heavy atom. The van der Waals surface area contributed by atoms with Gasteiger partial charge in [-0.15, -0.1) is 0 Å². The van der Waals surface area contributed by atoms with Crippen LogP contribution in [0.1, 0.15) is 47.7 Å². The van der Waals surface area contributed by atoms with Gasteiger partial charge in [-0.3, -0.25) is 0 Å². The quantitative estimate of drug-likeness (QED) is 0.763. The predicted molar refractivity (Wildman–Crippen MR) is 59.3 cm³/mol. The van der Waals surface area contributed by atoms with Gasteiger partial charge in [0.25, 0.3) is 0 Å². The first-order chi connectivity index (χ1) is 7.09. The lowest BCUT2D eigenvalue weighted by molar-refractivity contribution is 0.0696. The van der Waals surface area contributed by atoms with Crippen LogP contribution in [0.2, 0.25) is 0 Å². The van der Waals surface area contributed by atoms with Gasteiger partial charge in [0, 0.05) is 0 Å². The van der Waals surface area contributed by atoms with Crippen LogP contribution in [0.3, 0.4) is 0 Å². The number of hydrogen-bond acceptors (Lipinski definition) is 1. The van der Waals surface area contributed by atoms with E-state index in [9.17, 15) is 4.79 Å². The third kappa shape index (κ3) is 1.76. The van der Waals surface area contributed by atoms with E-state index in [2.05, 4.69) is 13.8 Å². The van der Waals surface area contributed by atoms with Gasteiger partial charge in [-0.2, -0.15) is 0 Å². The van der Waals surface area contributed by atoms with Crippen molar-refractivity contribution in [2.24, 2.45) is 5.92 Å². The Bertz CT molecular complexity index is 396. The zero-order valence-corrected chi connectivity index (χ0v) is 9.16. The number of carboxylic acids is 1. The first kappa shape index (κ1) is 10.2. The Morgan fingerprint density at radius 2 is 2.13 bits per heavy atom. The number of aryl methyl sites for hydroxylation is 1. The van der Waals surface area contributed by atoms with Crippen LogP contribution >= 0.6 is 0 Å². The summed E-state index contributed by atoms with van der Waals surface area (Å²) in [6, 6.07) is 5.54. The first-order valence-corrected chi connectivity index (χ1v) is 5.45. The van der Waals surface area contributed by atoms with Crippen LogP contribution in [0, 0.1) is 5.92 Å². The minimum atomic E-state index is -0.830. The highest BCUT2D eigenvalue weighted by Crippen LogP contribution is 2.35. The molecule has 0 spiro atoms. The van der Waals surface area contributed by atoms with Gasteiger partial charge in [-0.05, 0) is 47.9 Å². The number of carboxylic acid groups (broad SMARTS) is 1. The van der Waals surface area contributed by atoms with Gasteiger partial charge in [-0.1, -0.05) is 19.9 Å². The van der Waals surface area contributed by atoms with Crippen molar-refractivity contribution in [2.45, 2.75) is 32.6 Å².